The SMILES string of the molecule is COc1ccc2nc(NC(=O)c3ccnnc3)n(C3CCCCN(C(=O)O)C3)c2c1Cl. The Kier molecular flexibility index (Phi) is 5.90. The zero-order valence-electron chi connectivity index (χ0n) is 16.8. The van der Waals surface area contributed by atoms with Crippen LogP contribution in [-0.4, -0.2) is 62.0 Å². The van der Waals surface area contributed by atoms with Gasteiger partial charge in [-0.05, 0) is 37.5 Å². The molecule has 1 aliphatic rings. The lowest BCUT2D eigenvalue weighted by atomic mass is 10.1. The topological polar surface area (TPSA) is 122 Å². The second kappa shape index (κ2) is 8.76. The highest BCUT2D eigenvalue weighted by molar-refractivity contribution is 6.36. The third-order valence-corrected chi connectivity index (χ3v) is 5.69. The van der Waals surface area contributed by atoms with Crippen LogP contribution >= 0.6 is 11.6 Å². The normalized spacial score (nSPS) is 16.7. The number of benzene rings is 1. The molecular formula is C20H21ClN6O4. The first-order valence-corrected chi connectivity index (χ1v) is 10.2. The second-order valence-corrected chi connectivity index (χ2v) is 7.60. The maximum absolute atomic E-state index is 12.8. The number of amides is 2. The number of imidazole rings is 1. The van der Waals surface area contributed by atoms with E-state index in [-0.39, 0.29) is 18.5 Å². The van der Waals surface area contributed by atoms with Gasteiger partial charge < -0.3 is 19.3 Å². The maximum Gasteiger partial charge on any atom is 0.407 e. The highest BCUT2D eigenvalue weighted by Crippen LogP contribution is 2.38. The van der Waals surface area contributed by atoms with E-state index in [0.29, 0.717) is 40.3 Å². The van der Waals surface area contributed by atoms with Crippen molar-refractivity contribution in [3.05, 3.63) is 41.2 Å². The molecule has 0 radical (unpaired) electrons. The average Bonchev–Trinajstić information content (AvgIpc) is 2.96. The van der Waals surface area contributed by atoms with Crippen molar-refractivity contribution in [2.75, 3.05) is 25.5 Å². The van der Waals surface area contributed by atoms with E-state index in [9.17, 15) is 14.7 Å². The van der Waals surface area contributed by atoms with Crippen LogP contribution in [-0.2, 0) is 0 Å². The Morgan fingerprint density at radius 1 is 1.26 bits per heavy atom. The Hall–Kier alpha value is -3.40. The minimum atomic E-state index is -0.978. The Morgan fingerprint density at radius 3 is 2.81 bits per heavy atom. The van der Waals surface area contributed by atoms with Crippen LogP contribution in [0, 0.1) is 0 Å². The number of hydrogen-bond acceptors (Lipinski definition) is 6. The third kappa shape index (κ3) is 4.11. The van der Waals surface area contributed by atoms with Crippen LogP contribution in [0.25, 0.3) is 11.0 Å². The molecule has 1 atom stereocenters. The summed E-state index contributed by atoms with van der Waals surface area (Å²) >= 11 is 6.63. The second-order valence-electron chi connectivity index (χ2n) is 7.22. The first-order chi connectivity index (χ1) is 15.0. The van der Waals surface area contributed by atoms with Crippen molar-refractivity contribution in [2.45, 2.75) is 25.3 Å². The number of nitrogens with zero attached hydrogens (tertiary/aromatic N) is 5. The van der Waals surface area contributed by atoms with Gasteiger partial charge in [-0.3, -0.25) is 10.1 Å². The monoisotopic (exact) mass is 444 g/mol. The molecule has 2 N–H and O–H groups in total. The summed E-state index contributed by atoms with van der Waals surface area (Å²) in [5, 5.41) is 20.2. The number of anilines is 1. The molecule has 11 heteroatoms. The molecular weight excluding hydrogens is 424 g/mol. The zero-order valence-corrected chi connectivity index (χ0v) is 17.5. The van der Waals surface area contributed by atoms with Crippen LogP contribution in [0.5, 0.6) is 5.75 Å². The molecule has 2 amide bonds. The lowest BCUT2D eigenvalue weighted by Gasteiger charge is -2.25. The van der Waals surface area contributed by atoms with E-state index in [4.69, 9.17) is 16.3 Å². The fourth-order valence-electron chi connectivity index (χ4n) is 3.83. The fourth-order valence-corrected chi connectivity index (χ4v) is 4.16. The van der Waals surface area contributed by atoms with Crippen molar-refractivity contribution in [2.24, 2.45) is 0 Å². The minimum Gasteiger partial charge on any atom is -0.495 e. The molecule has 1 fully saturated rings. The molecule has 31 heavy (non-hydrogen) atoms. The number of methoxy groups -OCH3 is 1. The Labute approximate surface area is 182 Å². The van der Waals surface area contributed by atoms with Crippen molar-refractivity contribution < 1.29 is 19.4 Å². The van der Waals surface area contributed by atoms with Crippen molar-refractivity contribution in [1.29, 1.82) is 0 Å². The summed E-state index contributed by atoms with van der Waals surface area (Å²) in [6.45, 7) is 0.716. The van der Waals surface area contributed by atoms with E-state index < -0.39 is 12.0 Å². The molecule has 0 saturated carbocycles. The molecule has 4 rings (SSSR count). The molecule has 3 heterocycles. The van der Waals surface area contributed by atoms with Crippen LogP contribution in [0.3, 0.4) is 0 Å². The summed E-state index contributed by atoms with van der Waals surface area (Å²) in [4.78, 5) is 30.4. The third-order valence-electron chi connectivity index (χ3n) is 5.33. The number of carbonyl (C=O) groups excluding carboxylic acids is 1. The molecule has 0 bridgehead atoms. The highest BCUT2D eigenvalue weighted by atomic mass is 35.5. The molecule has 1 saturated heterocycles. The van der Waals surface area contributed by atoms with Gasteiger partial charge in [-0.2, -0.15) is 10.2 Å². The van der Waals surface area contributed by atoms with E-state index in [1.165, 1.54) is 24.4 Å². The van der Waals surface area contributed by atoms with Gasteiger partial charge in [0.1, 0.15) is 10.8 Å². The summed E-state index contributed by atoms with van der Waals surface area (Å²) in [7, 11) is 1.52. The lowest BCUT2D eigenvalue weighted by molar-refractivity contribution is 0.102. The van der Waals surface area contributed by atoms with Crippen LogP contribution in [0.2, 0.25) is 5.02 Å². The predicted molar refractivity (Wildman–Crippen MR) is 114 cm³/mol. The van der Waals surface area contributed by atoms with E-state index >= 15 is 0 Å². The van der Waals surface area contributed by atoms with Gasteiger partial charge in [0.25, 0.3) is 5.91 Å². The van der Waals surface area contributed by atoms with Crippen molar-refractivity contribution in [1.82, 2.24) is 24.6 Å². The Bertz CT molecular complexity index is 1120. The quantitative estimate of drug-likeness (QED) is 0.631. The van der Waals surface area contributed by atoms with Crippen LogP contribution in [0.1, 0.15) is 35.7 Å². The van der Waals surface area contributed by atoms with E-state index in [0.717, 1.165) is 12.8 Å². The van der Waals surface area contributed by atoms with Crippen molar-refractivity contribution in [3.8, 4) is 5.75 Å². The number of aromatic nitrogens is 4. The summed E-state index contributed by atoms with van der Waals surface area (Å²) < 4.78 is 7.17. The number of nitrogens with one attached hydrogen (secondary N) is 1. The van der Waals surface area contributed by atoms with E-state index in [1.807, 2.05) is 4.57 Å². The standard InChI is InChI=1S/C20H21ClN6O4/c1-31-15-6-5-14-17(16(15)21)27(13-4-2-3-9-26(11-13)20(29)30)19(24-14)25-18(28)12-7-8-22-23-10-12/h5-8,10,13H,2-4,9,11H2,1H3,(H,29,30)(H,24,25,28). The number of likely N-dealkylation sites (tertiary alicyclic amines) is 1. The van der Waals surface area contributed by atoms with Gasteiger partial charge in [0.05, 0.1) is 42.1 Å². The van der Waals surface area contributed by atoms with Gasteiger partial charge in [0.2, 0.25) is 5.95 Å². The van der Waals surface area contributed by atoms with Gasteiger partial charge in [0, 0.05) is 13.1 Å². The Balaban J connectivity index is 1.82. The predicted octanol–water partition coefficient (Wildman–Crippen LogP) is 3.45. The molecule has 10 nitrogen and oxygen atoms in total. The first-order valence-electron chi connectivity index (χ1n) is 9.80. The summed E-state index contributed by atoms with van der Waals surface area (Å²) in [6, 6.07) is 4.74. The molecule has 3 aromatic rings. The number of ether oxygens (including phenoxy) is 1. The smallest absolute Gasteiger partial charge is 0.407 e. The van der Waals surface area contributed by atoms with Crippen LogP contribution < -0.4 is 10.1 Å². The number of halogens is 1. The maximum atomic E-state index is 12.8. The van der Waals surface area contributed by atoms with Crippen molar-refractivity contribution >= 4 is 40.6 Å². The zero-order chi connectivity index (χ0) is 22.0. The molecule has 1 aromatic carbocycles. The van der Waals surface area contributed by atoms with Gasteiger partial charge in [-0.1, -0.05) is 11.6 Å². The number of hydrogen-bond donors (Lipinski definition) is 2. The van der Waals surface area contributed by atoms with E-state index in [1.54, 1.807) is 18.2 Å². The van der Waals surface area contributed by atoms with Crippen LogP contribution in [0.15, 0.2) is 30.6 Å². The van der Waals surface area contributed by atoms with E-state index in [2.05, 4.69) is 20.5 Å². The van der Waals surface area contributed by atoms with Crippen molar-refractivity contribution in [3.63, 3.8) is 0 Å². The van der Waals surface area contributed by atoms with Gasteiger partial charge >= 0.3 is 6.09 Å². The fraction of sp³-hybridized carbons (Fsp3) is 0.350. The summed E-state index contributed by atoms with van der Waals surface area (Å²) in [5.74, 6) is 0.345. The Morgan fingerprint density at radius 2 is 2.10 bits per heavy atom. The summed E-state index contributed by atoms with van der Waals surface area (Å²) in [6.07, 6.45) is 4.11. The highest BCUT2D eigenvalue weighted by Gasteiger charge is 2.28. The molecule has 162 valence electrons. The molecule has 1 unspecified atom stereocenters. The first kappa shape index (κ1) is 20.9. The number of carbonyl (C=O) groups is 2. The average molecular weight is 445 g/mol. The number of fused-ring (bicyclic) bond motifs is 1. The minimum absolute atomic E-state index is 0.258. The van der Waals surface area contributed by atoms with Gasteiger partial charge in [0.15, 0.2) is 0 Å². The number of carboxylic acid groups (broad SMARTS) is 1. The molecule has 0 aliphatic carbocycles. The molecule has 0 spiro atoms. The van der Waals surface area contributed by atoms with Gasteiger partial charge in [-0.25, -0.2) is 9.78 Å². The van der Waals surface area contributed by atoms with Crippen LogP contribution in [0.4, 0.5) is 10.7 Å². The largest absolute Gasteiger partial charge is 0.495 e. The summed E-state index contributed by atoms with van der Waals surface area (Å²) in [5.41, 5.74) is 1.48. The molecule has 2 aromatic heterocycles. The molecule has 1 aliphatic heterocycles. The lowest BCUT2D eigenvalue weighted by Crippen LogP contribution is -2.34. The van der Waals surface area contributed by atoms with Gasteiger partial charge in [-0.15, -0.1) is 0 Å². The number of rotatable bonds is 4.